The largest absolute Gasteiger partial charge is 0.497 e. The Hall–Kier alpha value is -2.29. The Morgan fingerprint density at radius 1 is 1.14 bits per heavy atom. The van der Waals surface area contributed by atoms with Crippen molar-refractivity contribution in [3.63, 3.8) is 0 Å². The average Bonchev–Trinajstić information content (AvgIpc) is 2.65. The molecule has 1 aliphatic heterocycles. The normalized spacial score (nSPS) is 18.1. The second-order valence-electron chi connectivity index (χ2n) is 5.42. The molecule has 1 amide bonds. The first-order valence-corrected chi connectivity index (χ1v) is 7.17. The minimum absolute atomic E-state index is 0.146. The Morgan fingerprint density at radius 2 is 1.95 bits per heavy atom. The van der Waals surface area contributed by atoms with E-state index >= 15 is 0 Å². The highest BCUT2D eigenvalue weighted by molar-refractivity contribution is 5.88. The molecule has 21 heavy (non-hydrogen) atoms. The van der Waals surface area contributed by atoms with Gasteiger partial charge in [0.2, 0.25) is 5.91 Å². The first-order chi connectivity index (χ1) is 10.2. The van der Waals surface area contributed by atoms with Crippen LogP contribution < -0.4 is 4.74 Å². The number of carbonyl (C=O) groups is 1. The SMILES string of the molecule is COc1cccc([C@@H]2C(=O)N(C)CCc3ccccc32)c1. The molecular weight excluding hydrogens is 262 g/mol. The van der Waals surface area contributed by atoms with Gasteiger partial charge < -0.3 is 9.64 Å². The molecule has 0 N–H and O–H groups in total. The standard InChI is InChI=1S/C18H19NO2/c1-19-11-10-13-6-3-4-9-16(13)17(18(19)20)14-7-5-8-15(12-14)21-2/h3-9,12,17H,10-11H2,1-2H3/t17-/m0/s1. The van der Waals surface area contributed by atoms with Crippen molar-refractivity contribution in [3.8, 4) is 5.75 Å². The summed E-state index contributed by atoms with van der Waals surface area (Å²) in [6.07, 6.45) is 0.902. The smallest absolute Gasteiger partial charge is 0.234 e. The molecule has 0 aromatic heterocycles. The molecule has 0 fully saturated rings. The van der Waals surface area contributed by atoms with Gasteiger partial charge in [-0.1, -0.05) is 36.4 Å². The number of hydrogen-bond donors (Lipinski definition) is 0. The van der Waals surface area contributed by atoms with Crippen molar-refractivity contribution < 1.29 is 9.53 Å². The third-order valence-electron chi connectivity index (χ3n) is 4.13. The molecule has 3 rings (SSSR count). The maximum Gasteiger partial charge on any atom is 0.234 e. The van der Waals surface area contributed by atoms with E-state index in [1.54, 1.807) is 7.11 Å². The number of ether oxygens (including phenoxy) is 1. The van der Waals surface area contributed by atoms with E-state index in [9.17, 15) is 4.79 Å². The highest BCUT2D eigenvalue weighted by Crippen LogP contribution is 2.33. The summed E-state index contributed by atoms with van der Waals surface area (Å²) >= 11 is 0. The van der Waals surface area contributed by atoms with Crippen LogP contribution >= 0.6 is 0 Å². The van der Waals surface area contributed by atoms with Crippen LogP contribution in [0.3, 0.4) is 0 Å². The number of carbonyl (C=O) groups excluding carboxylic acids is 1. The van der Waals surface area contributed by atoms with E-state index < -0.39 is 0 Å². The third kappa shape index (κ3) is 2.51. The number of amides is 1. The molecule has 0 saturated carbocycles. The van der Waals surface area contributed by atoms with Crippen LogP contribution in [-0.2, 0) is 11.2 Å². The van der Waals surface area contributed by atoms with Crippen LogP contribution in [0.15, 0.2) is 48.5 Å². The predicted octanol–water partition coefficient (Wildman–Crippen LogP) is 2.84. The Kier molecular flexibility index (Phi) is 3.65. The van der Waals surface area contributed by atoms with Crippen molar-refractivity contribution in [2.75, 3.05) is 20.7 Å². The maximum absolute atomic E-state index is 12.8. The number of methoxy groups -OCH3 is 1. The molecule has 0 saturated heterocycles. The fourth-order valence-electron chi connectivity index (χ4n) is 2.94. The van der Waals surface area contributed by atoms with Crippen LogP contribution in [0.25, 0.3) is 0 Å². The molecule has 0 radical (unpaired) electrons. The van der Waals surface area contributed by atoms with E-state index in [4.69, 9.17) is 4.74 Å². The van der Waals surface area contributed by atoms with E-state index in [2.05, 4.69) is 12.1 Å². The Morgan fingerprint density at radius 3 is 2.76 bits per heavy atom. The van der Waals surface area contributed by atoms with Gasteiger partial charge in [0.05, 0.1) is 13.0 Å². The lowest BCUT2D eigenvalue weighted by atomic mass is 9.87. The first-order valence-electron chi connectivity index (χ1n) is 7.17. The summed E-state index contributed by atoms with van der Waals surface area (Å²) in [5.74, 6) is 0.682. The second-order valence-corrected chi connectivity index (χ2v) is 5.42. The molecule has 2 aromatic carbocycles. The summed E-state index contributed by atoms with van der Waals surface area (Å²) in [6, 6.07) is 16.0. The number of nitrogens with zero attached hydrogens (tertiary/aromatic N) is 1. The molecule has 1 heterocycles. The van der Waals surface area contributed by atoms with Crippen LogP contribution in [0.2, 0.25) is 0 Å². The number of benzene rings is 2. The van der Waals surface area contributed by atoms with E-state index in [0.29, 0.717) is 0 Å². The number of rotatable bonds is 2. The van der Waals surface area contributed by atoms with Crippen molar-refractivity contribution in [2.24, 2.45) is 0 Å². The number of fused-ring (bicyclic) bond motifs is 1. The van der Waals surface area contributed by atoms with Gasteiger partial charge in [0.1, 0.15) is 5.75 Å². The van der Waals surface area contributed by atoms with Crippen LogP contribution in [0.4, 0.5) is 0 Å². The molecular formula is C18H19NO2. The van der Waals surface area contributed by atoms with E-state index in [1.807, 2.05) is 48.3 Å². The summed E-state index contributed by atoms with van der Waals surface area (Å²) in [7, 11) is 3.52. The van der Waals surface area contributed by atoms with Crippen LogP contribution in [-0.4, -0.2) is 31.5 Å². The molecule has 108 valence electrons. The highest BCUT2D eigenvalue weighted by Gasteiger charge is 2.30. The minimum atomic E-state index is -0.246. The van der Waals surface area contributed by atoms with Crippen LogP contribution in [0.1, 0.15) is 22.6 Å². The third-order valence-corrected chi connectivity index (χ3v) is 4.13. The van der Waals surface area contributed by atoms with Crippen molar-refractivity contribution in [2.45, 2.75) is 12.3 Å². The number of likely N-dealkylation sites (N-methyl/N-ethyl adjacent to an activating group) is 1. The predicted molar refractivity (Wildman–Crippen MR) is 82.6 cm³/mol. The average molecular weight is 281 g/mol. The molecule has 0 aliphatic carbocycles. The monoisotopic (exact) mass is 281 g/mol. The van der Waals surface area contributed by atoms with Gasteiger partial charge in [0, 0.05) is 13.6 Å². The summed E-state index contributed by atoms with van der Waals surface area (Å²) in [4.78, 5) is 14.6. The molecule has 1 aliphatic rings. The van der Waals surface area contributed by atoms with Gasteiger partial charge in [-0.2, -0.15) is 0 Å². The zero-order valence-corrected chi connectivity index (χ0v) is 12.4. The van der Waals surface area contributed by atoms with Gasteiger partial charge in [-0.25, -0.2) is 0 Å². The van der Waals surface area contributed by atoms with E-state index in [0.717, 1.165) is 29.8 Å². The van der Waals surface area contributed by atoms with Crippen LogP contribution in [0, 0.1) is 0 Å². The van der Waals surface area contributed by atoms with Gasteiger partial charge in [-0.15, -0.1) is 0 Å². The summed E-state index contributed by atoms with van der Waals surface area (Å²) in [6.45, 7) is 0.760. The second kappa shape index (κ2) is 5.60. The fraction of sp³-hybridized carbons (Fsp3) is 0.278. The summed E-state index contributed by atoms with van der Waals surface area (Å²) in [5, 5.41) is 0. The first kappa shape index (κ1) is 13.7. The molecule has 0 spiro atoms. The fourth-order valence-corrected chi connectivity index (χ4v) is 2.94. The summed E-state index contributed by atoms with van der Waals surface area (Å²) in [5.41, 5.74) is 3.35. The van der Waals surface area contributed by atoms with Crippen LogP contribution in [0.5, 0.6) is 5.75 Å². The maximum atomic E-state index is 12.8. The lowest BCUT2D eigenvalue weighted by Crippen LogP contribution is -2.31. The molecule has 0 bridgehead atoms. The minimum Gasteiger partial charge on any atom is -0.497 e. The van der Waals surface area contributed by atoms with Crippen molar-refractivity contribution in [3.05, 3.63) is 65.2 Å². The van der Waals surface area contributed by atoms with E-state index in [1.165, 1.54) is 5.56 Å². The molecule has 1 atom stereocenters. The Labute approximate surface area is 125 Å². The molecule has 2 aromatic rings. The van der Waals surface area contributed by atoms with Gasteiger partial charge >= 0.3 is 0 Å². The topological polar surface area (TPSA) is 29.5 Å². The zero-order chi connectivity index (χ0) is 14.8. The quantitative estimate of drug-likeness (QED) is 0.847. The van der Waals surface area contributed by atoms with Gasteiger partial charge in [0.15, 0.2) is 0 Å². The molecule has 3 heteroatoms. The Bertz CT molecular complexity index is 666. The molecule has 0 unspecified atom stereocenters. The lowest BCUT2D eigenvalue weighted by molar-refractivity contribution is -0.130. The molecule has 3 nitrogen and oxygen atoms in total. The van der Waals surface area contributed by atoms with Crippen molar-refractivity contribution in [1.82, 2.24) is 4.90 Å². The van der Waals surface area contributed by atoms with Gasteiger partial charge in [-0.05, 0) is 35.2 Å². The number of hydrogen-bond acceptors (Lipinski definition) is 2. The lowest BCUT2D eigenvalue weighted by Gasteiger charge is -2.21. The Balaban J connectivity index is 2.14. The summed E-state index contributed by atoms with van der Waals surface area (Å²) < 4.78 is 5.30. The highest BCUT2D eigenvalue weighted by atomic mass is 16.5. The zero-order valence-electron chi connectivity index (χ0n) is 12.4. The van der Waals surface area contributed by atoms with Gasteiger partial charge in [0.25, 0.3) is 0 Å². The van der Waals surface area contributed by atoms with Crippen molar-refractivity contribution in [1.29, 1.82) is 0 Å². The van der Waals surface area contributed by atoms with Crippen molar-refractivity contribution >= 4 is 5.91 Å². The van der Waals surface area contributed by atoms with E-state index in [-0.39, 0.29) is 11.8 Å². The van der Waals surface area contributed by atoms with Gasteiger partial charge in [-0.3, -0.25) is 4.79 Å².